The monoisotopic (exact) mass is 306 g/mol. The van der Waals surface area contributed by atoms with Gasteiger partial charge in [-0.2, -0.15) is 0 Å². The number of halogens is 1. The van der Waals surface area contributed by atoms with Crippen molar-refractivity contribution in [1.29, 1.82) is 0 Å². The summed E-state index contributed by atoms with van der Waals surface area (Å²) < 4.78 is 14.9. The van der Waals surface area contributed by atoms with E-state index < -0.39 is 5.82 Å². The molecular weight excluding hydrogens is 295 g/mol. The number of H-pyrrole nitrogens is 1. The molecule has 2 aromatic heterocycles. The van der Waals surface area contributed by atoms with E-state index in [2.05, 4.69) is 4.98 Å². The number of fused-ring (bicyclic) bond motifs is 1. The van der Waals surface area contributed by atoms with Crippen molar-refractivity contribution in [2.24, 2.45) is 0 Å². The Hall–Kier alpha value is -1.79. The fourth-order valence-electron chi connectivity index (χ4n) is 2.08. The van der Waals surface area contributed by atoms with E-state index in [0.29, 0.717) is 11.1 Å². The zero-order chi connectivity index (χ0) is 14.3. The van der Waals surface area contributed by atoms with E-state index in [1.54, 1.807) is 12.1 Å². The van der Waals surface area contributed by atoms with E-state index in [4.69, 9.17) is 12.2 Å². The van der Waals surface area contributed by atoms with Crippen LogP contribution in [0.5, 0.6) is 0 Å². The van der Waals surface area contributed by atoms with Crippen molar-refractivity contribution >= 4 is 33.8 Å². The van der Waals surface area contributed by atoms with Gasteiger partial charge in [0.25, 0.3) is 5.56 Å². The third-order valence-corrected chi connectivity index (χ3v) is 4.53. The predicted molar refractivity (Wildman–Crippen MR) is 81.9 cm³/mol. The smallest absolute Gasteiger partial charge is 0.267 e. The van der Waals surface area contributed by atoms with Gasteiger partial charge in [0.2, 0.25) is 0 Å². The molecule has 0 radical (unpaired) electrons. The molecule has 0 aliphatic heterocycles. The van der Waals surface area contributed by atoms with Gasteiger partial charge in [-0.05, 0) is 42.9 Å². The number of hydrogen-bond donors (Lipinski definition) is 1. The van der Waals surface area contributed by atoms with Crippen LogP contribution >= 0.6 is 23.6 Å². The average Bonchev–Trinajstić information content (AvgIpc) is 2.82. The van der Waals surface area contributed by atoms with Gasteiger partial charge in [-0.1, -0.05) is 13.0 Å². The van der Waals surface area contributed by atoms with Gasteiger partial charge in [-0.15, -0.1) is 11.3 Å². The summed E-state index contributed by atoms with van der Waals surface area (Å²) in [5.41, 5.74) is 0.215. The minimum atomic E-state index is -0.400. The molecule has 0 bridgehead atoms. The topological polar surface area (TPSA) is 37.8 Å². The van der Waals surface area contributed by atoms with Crippen molar-refractivity contribution < 1.29 is 4.39 Å². The number of rotatable bonds is 2. The number of thiophene rings is 1. The van der Waals surface area contributed by atoms with Crippen LogP contribution < -0.4 is 5.56 Å². The largest absolute Gasteiger partial charge is 0.323 e. The van der Waals surface area contributed by atoms with Crippen LogP contribution in [0.1, 0.15) is 11.8 Å². The highest BCUT2D eigenvalue weighted by Crippen LogP contribution is 2.22. The van der Waals surface area contributed by atoms with Crippen molar-refractivity contribution in [1.82, 2.24) is 9.55 Å². The normalized spacial score (nSPS) is 11.1. The maximum Gasteiger partial charge on any atom is 0.267 e. The number of aryl methyl sites for hydroxylation is 1. The molecule has 3 aromatic rings. The van der Waals surface area contributed by atoms with Crippen molar-refractivity contribution in [2.75, 3.05) is 0 Å². The van der Waals surface area contributed by atoms with Crippen LogP contribution in [0.25, 0.3) is 15.9 Å². The molecule has 0 fully saturated rings. The average molecular weight is 306 g/mol. The standard InChI is InChI=1S/C14H11FN2OS2/c1-2-10-7-11-12(20-10)16-14(19)17(13(11)18)9-5-3-4-8(15)6-9/h3-7H,2H2,1H3,(H,16,19). The van der Waals surface area contributed by atoms with E-state index in [-0.39, 0.29) is 10.3 Å². The van der Waals surface area contributed by atoms with Gasteiger partial charge >= 0.3 is 0 Å². The molecule has 20 heavy (non-hydrogen) atoms. The number of hydrogen-bond acceptors (Lipinski definition) is 3. The number of aromatic nitrogens is 2. The maximum absolute atomic E-state index is 13.3. The second-order valence-corrected chi connectivity index (χ2v) is 5.88. The van der Waals surface area contributed by atoms with Gasteiger partial charge < -0.3 is 4.98 Å². The fraction of sp³-hybridized carbons (Fsp3) is 0.143. The molecule has 0 amide bonds. The number of nitrogens with one attached hydrogen (secondary N) is 1. The Morgan fingerprint density at radius 2 is 2.20 bits per heavy atom. The summed E-state index contributed by atoms with van der Waals surface area (Å²) in [5, 5.41) is 0.588. The lowest BCUT2D eigenvalue weighted by atomic mass is 10.3. The quantitative estimate of drug-likeness (QED) is 0.731. The molecular formula is C14H11FN2OS2. The summed E-state index contributed by atoms with van der Waals surface area (Å²) in [4.78, 5) is 17.5. The highest BCUT2D eigenvalue weighted by Gasteiger charge is 2.11. The van der Waals surface area contributed by atoms with Gasteiger partial charge in [0.15, 0.2) is 4.77 Å². The van der Waals surface area contributed by atoms with Gasteiger partial charge in [-0.3, -0.25) is 9.36 Å². The molecule has 1 aromatic carbocycles. The summed E-state index contributed by atoms with van der Waals surface area (Å²) in [6.45, 7) is 2.03. The summed E-state index contributed by atoms with van der Waals surface area (Å²) in [5.74, 6) is -0.400. The lowest BCUT2D eigenvalue weighted by molar-refractivity contribution is 0.626. The third kappa shape index (κ3) is 2.10. The summed E-state index contributed by atoms with van der Waals surface area (Å²) in [6.07, 6.45) is 0.860. The lowest BCUT2D eigenvalue weighted by Gasteiger charge is -2.06. The van der Waals surface area contributed by atoms with Crippen LogP contribution in [0.2, 0.25) is 0 Å². The molecule has 6 heteroatoms. The second-order valence-electron chi connectivity index (χ2n) is 4.36. The van der Waals surface area contributed by atoms with E-state index >= 15 is 0 Å². The van der Waals surface area contributed by atoms with Gasteiger partial charge in [0, 0.05) is 4.88 Å². The molecule has 0 spiro atoms. The molecule has 0 aliphatic carbocycles. The molecule has 1 N–H and O–H groups in total. The Kier molecular flexibility index (Phi) is 3.27. The third-order valence-electron chi connectivity index (χ3n) is 3.06. The van der Waals surface area contributed by atoms with Crippen molar-refractivity contribution in [3.63, 3.8) is 0 Å². The maximum atomic E-state index is 13.3. The molecule has 102 valence electrons. The van der Waals surface area contributed by atoms with Crippen molar-refractivity contribution in [2.45, 2.75) is 13.3 Å². The van der Waals surface area contributed by atoms with Crippen LogP contribution in [0, 0.1) is 10.6 Å². The first kappa shape index (κ1) is 13.2. The summed E-state index contributed by atoms with van der Waals surface area (Å²) in [7, 11) is 0. The zero-order valence-corrected chi connectivity index (χ0v) is 12.3. The molecule has 0 aliphatic rings. The van der Waals surface area contributed by atoms with E-state index in [9.17, 15) is 9.18 Å². The van der Waals surface area contributed by atoms with Crippen molar-refractivity contribution in [3.05, 3.63) is 56.2 Å². The second kappa shape index (κ2) is 4.96. The molecule has 0 atom stereocenters. The van der Waals surface area contributed by atoms with Crippen LogP contribution in [0.4, 0.5) is 4.39 Å². The predicted octanol–water partition coefficient (Wildman–Crippen LogP) is 3.81. The molecule has 3 rings (SSSR count). The first-order valence-corrected chi connectivity index (χ1v) is 7.36. The van der Waals surface area contributed by atoms with Crippen LogP contribution in [0.15, 0.2) is 35.1 Å². The molecule has 3 nitrogen and oxygen atoms in total. The van der Waals surface area contributed by atoms with E-state index in [1.165, 1.54) is 28.0 Å². The first-order valence-electron chi connectivity index (χ1n) is 6.14. The molecule has 0 unspecified atom stereocenters. The van der Waals surface area contributed by atoms with Crippen LogP contribution in [-0.4, -0.2) is 9.55 Å². The Bertz CT molecular complexity index is 907. The number of nitrogens with zero attached hydrogens (tertiary/aromatic N) is 1. The van der Waals surface area contributed by atoms with E-state index in [1.807, 2.05) is 13.0 Å². The summed E-state index contributed by atoms with van der Waals surface area (Å²) in [6, 6.07) is 7.71. The van der Waals surface area contributed by atoms with Crippen molar-refractivity contribution in [3.8, 4) is 5.69 Å². The van der Waals surface area contributed by atoms with Crippen LogP contribution in [0.3, 0.4) is 0 Å². The lowest BCUT2D eigenvalue weighted by Crippen LogP contribution is -2.19. The van der Waals surface area contributed by atoms with Crippen LogP contribution in [-0.2, 0) is 6.42 Å². The first-order chi connectivity index (χ1) is 9.60. The Labute approximate surface area is 123 Å². The SMILES string of the molecule is CCc1cc2c(=O)n(-c3cccc(F)c3)c(=S)[nH]c2s1. The number of aromatic amines is 1. The minimum absolute atomic E-state index is 0.217. The Balaban J connectivity index is 2.36. The Morgan fingerprint density at radius 1 is 1.40 bits per heavy atom. The minimum Gasteiger partial charge on any atom is -0.323 e. The molecule has 0 saturated carbocycles. The van der Waals surface area contributed by atoms with Gasteiger partial charge in [-0.25, -0.2) is 4.39 Å². The highest BCUT2D eigenvalue weighted by atomic mass is 32.1. The van der Waals surface area contributed by atoms with E-state index in [0.717, 1.165) is 16.1 Å². The van der Waals surface area contributed by atoms with Gasteiger partial charge in [0.05, 0.1) is 11.1 Å². The fourth-order valence-corrected chi connectivity index (χ4v) is 3.43. The molecule has 0 saturated heterocycles. The zero-order valence-electron chi connectivity index (χ0n) is 10.6. The Morgan fingerprint density at radius 3 is 2.90 bits per heavy atom. The summed E-state index contributed by atoms with van der Waals surface area (Å²) >= 11 is 6.75. The molecule has 2 heterocycles. The number of benzene rings is 1. The highest BCUT2D eigenvalue weighted by molar-refractivity contribution is 7.71. The van der Waals surface area contributed by atoms with Gasteiger partial charge in [0.1, 0.15) is 10.6 Å².